The van der Waals surface area contributed by atoms with Crippen LogP contribution in [0.5, 0.6) is 17.2 Å². The predicted molar refractivity (Wildman–Crippen MR) is 111 cm³/mol. The predicted octanol–water partition coefficient (Wildman–Crippen LogP) is 3.86. The van der Waals surface area contributed by atoms with Crippen molar-refractivity contribution in [3.05, 3.63) is 52.0 Å². The molecule has 6 heteroatoms. The van der Waals surface area contributed by atoms with Crippen LogP contribution in [-0.4, -0.2) is 51.9 Å². The number of benzene rings is 2. The lowest BCUT2D eigenvalue weighted by Gasteiger charge is -2.36. The van der Waals surface area contributed by atoms with Crippen LogP contribution in [0.1, 0.15) is 24.1 Å². The third-order valence-corrected chi connectivity index (χ3v) is 5.31. The number of hydrogen-bond acceptors (Lipinski definition) is 5. The first-order chi connectivity index (χ1) is 13.2. The minimum Gasteiger partial charge on any atom is -0.497 e. The maximum atomic E-state index is 5.98. The molecule has 1 fully saturated rings. The smallest absolute Gasteiger partial charge is 0.127 e. The second kappa shape index (κ2) is 9.44. The van der Waals surface area contributed by atoms with Gasteiger partial charge in [-0.3, -0.25) is 4.90 Å². The van der Waals surface area contributed by atoms with Crippen LogP contribution in [0.2, 0.25) is 0 Å². The first-order valence-corrected chi connectivity index (χ1v) is 10.1. The molecule has 0 amide bonds. The van der Waals surface area contributed by atoms with E-state index in [4.69, 9.17) is 14.2 Å². The highest BCUT2D eigenvalue weighted by molar-refractivity contribution is 9.10. The first-order valence-electron chi connectivity index (χ1n) is 9.26. The molecule has 1 atom stereocenters. The molecule has 1 saturated heterocycles. The third kappa shape index (κ3) is 4.57. The SMILES string of the molecule is CCOc1ccc(Br)cc1C(c1ccc(OC)cc1OC)N1CCNCC1. The van der Waals surface area contributed by atoms with E-state index < -0.39 is 0 Å². The van der Waals surface area contributed by atoms with Crippen LogP contribution >= 0.6 is 15.9 Å². The lowest BCUT2D eigenvalue weighted by atomic mass is 9.94. The number of ether oxygens (including phenoxy) is 3. The molecule has 1 unspecified atom stereocenters. The van der Waals surface area contributed by atoms with Crippen LogP contribution in [0.3, 0.4) is 0 Å². The fourth-order valence-electron chi connectivity index (χ4n) is 3.57. The lowest BCUT2D eigenvalue weighted by molar-refractivity contribution is 0.191. The van der Waals surface area contributed by atoms with Crippen LogP contribution in [0, 0.1) is 0 Å². The van der Waals surface area contributed by atoms with Gasteiger partial charge in [-0.15, -0.1) is 0 Å². The Hall–Kier alpha value is -1.76. The fourth-order valence-corrected chi connectivity index (χ4v) is 3.94. The van der Waals surface area contributed by atoms with E-state index in [1.54, 1.807) is 14.2 Å². The Balaban J connectivity index is 2.14. The molecule has 2 aromatic rings. The van der Waals surface area contributed by atoms with Crippen LogP contribution < -0.4 is 19.5 Å². The quantitative estimate of drug-likeness (QED) is 0.716. The molecule has 2 aromatic carbocycles. The van der Waals surface area contributed by atoms with Crippen molar-refractivity contribution in [1.29, 1.82) is 0 Å². The normalized spacial score (nSPS) is 16.0. The summed E-state index contributed by atoms with van der Waals surface area (Å²) in [7, 11) is 3.38. The van der Waals surface area contributed by atoms with Gasteiger partial charge in [-0.25, -0.2) is 0 Å². The molecule has 27 heavy (non-hydrogen) atoms. The number of hydrogen-bond donors (Lipinski definition) is 1. The van der Waals surface area contributed by atoms with Crippen molar-refractivity contribution in [2.75, 3.05) is 47.0 Å². The van der Waals surface area contributed by atoms with Crippen molar-refractivity contribution < 1.29 is 14.2 Å². The van der Waals surface area contributed by atoms with E-state index in [9.17, 15) is 0 Å². The Morgan fingerprint density at radius 3 is 2.44 bits per heavy atom. The molecule has 0 radical (unpaired) electrons. The number of piperazine rings is 1. The molecule has 1 N–H and O–H groups in total. The van der Waals surface area contributed by atoms with Gasteiger partial charge in [0.25, 0.3) is 0 Å². The average Bonchev–Trinajstić information content (AvgIpc) is 2.71. The molecule has 3 rings (SSSR count). The van der Waals surface area contributed by atoms with Crippen molar-refractivity contribution in [2.45, 2.75) is 13.0 Å². The summed E-state index contributed by atoms with van der Waals surface area (Å²) in [5.74, 6) is 2.51. The van der Waals surface area contributed by atoms with Crippen LogP contribution in [0.25, 0.3) is 0 Å². The van der Waals surface area contributed by atoms with Gasteiger partial charge in [0.1, 0.15) is 17.2 Å². The van der Waals surface area contributed by atoms with E-state index in [1.807, 2.05) is 31.2 Å². The Labute approximate surface area is 169 Å². The summed E-state index contributed by atoms with van der Waals surface area (Å²) in [6.07, 6.45) is 0. The summed E-state index contributed by atoms with van der Waals surface area (Å²) in [6, 6.07) is 12.3. The van der Waals surface area contributed by atoms with Gasteiger partial charge in [-0.1, -0.05) is 15.9 Å². The van der Waals surface area contributed by atoms with E-state index in [0.29, 0.717) is 6.61 Å². The molecule has 5 nitrogen and oxygen atoms in total. The number of nitrogens with zero attached hydrogens (tertiary/aromatic N) is 1. The molecule has 0 aliphatic carbocycles. The van der Waals surface area contributed by atoms with Crippen LogP contribution in [0.15, 0.2) is 40.9 Å². The second-order valence-corrected chi connectivity index (χ2v) is 7.33. The number of rotatable bonds is 7. The highest BCUT2D eigenvalue weighted by Gasteiger charge is 2.29. The number of methoxy groups -OCH3 is 2. The van der Waals surface area contributed by atoms with Crippen molar-refractivity contribution in [2.24, 2.45) is 0 Å². The van der Waals surface area contributed by atoms with Gasteiger partial charge in [0.15, 0.2) is 0 Å². The Morgan fingerprint density at radius 1 is 1.00 bits per heavy atom. The van der Waals surface area contributed by atoms with Crippen molar-refractivity contribution >= 4 is 15.9 Å². The highest BCUT2D eigenvalue weighted by atomic mass is 79.9. The third-order valence-electron chi connectivity index (χ3n) is 4.82. The molecule has 1 heterocycles. The fraction of sp³-hybridized carbons (Fsp3) is 0.429. The largest absolute Gasteiger partial charge is 0.497 e. The van der Waals surface area contributed by atoms with Gasteiger partial charge in [0.2, 0.25) is 0 Å². The van der Waals surface area contributed by atoms with Gasteiger partial charge in [0, 0.05) is 47.8 Å². The molecule has 0 spiro atoms. The van der Waals surface area contributed by atoms with E-state index in [1.165, 1.54) is 0 Å². The molecule has 0 bridgehead atoms. The summed E-state index contributed by atoms with van der Waals surface area (Å²) in [4.78, 5) is 2.48. The Bertz CT molecular complexity index is 763. The van der Waals surface area contributed by atoms with Gasteiger partial charge in [-0.05, 0) is 37.3 Å². The van der Waals surface area contributed by atoms with E-state index in [2.05, 4.69) is 38.3 Å². The summed E-state index contributed by atoms with van der Waals surface area (Å²) < 4.78 is 18.1. The van der Waals surface area contributed by atoms with E-state index >= 15 is 0 Å². The van der Waals surface area contributed by atoms with Crippen LogP contribution in [0.4, 0.5) is 0 Å². The Morgan fingerprint density at radius 2 is 1.78 bits per heavy atom. The van der Waals surface area contributed by atoms with Crippen molar-refractivity contribution in [3.8, 4) is 17.2 Å². The van der Waals surface area contributed by atoms with Gasteiger partial charge < -0.3 is 19.5 Å². The molecule has 1 aliphatic rings. The second-order valence-electron chi connectivity index (χ2n) is 6.41. The lowest BCUT2D eigenvalue weighted by Crippen LogP contribution is -2.45. The van der Waals surface area contributed by atoms with Gasteiger partial charge >= 0.3 is 0 Å². The zero-order valence-corrected chi connectivity index (χ0v) is 17.7. The van der Waals surface area contributed by atoms with Gasteiger partial charge in [-0.2, -0.15) is 0 Å². The summed E-state index contributed by atoms with van der Waals surface area (Å²) in [5.41, 5.74) is 2.25. The average molecular weight is 435 g/mol. The summed E-state index contributed by atoms with van der Waals surface area (Å²) in [6.45, 7) is 6.48. The molecular formula is C21H27BrN2O3. The minimum absolute atomic E-state index is 0.0343. The maximum absolute atomic E-state index is 5.98. The highest BCUT2D eigenvalue weighted by Crippen LogP contribution is 2.41. The molecule has 146 valence electrons. The summed E-state index contributed by atoms with van der Waals surface area (Å²) in [5, 5.41) is 3.44. The zero-order chi connectivity index (χ0) is 19.2. The molecular weight excluding hydrogens is 408 g/mol. The summed E-state index contributed by atoms with van der Waals surface area (Å²) >= 11 is 3.63. The van der Waals surface area contributed by atoms with E-state index in [-0.39, 0.29) is 6.04 Å². The Kier molecular flexibility index (Phi) is 6.99. The topological polar surface area (TPSA) is 43.0 Å². The first kappa shape index (κ1) is 20.0. The van der Waals surface area contributed by atoms with Crippen LogP contribution in [-0.2, 0) is 0 Å². The number of nitrogens with one attached hydrogen (secondary N) is 1. The van der Waals surface area contributed by atoms with Crippen molar-refractivity contribution in [3.63, 3.8) is 0 Å². The molecule has 0 saturated carbocycles. The molecule has 0 aromatic heterocycles. The van der Waals surface area contributed by atoms with Gasteiger partial charge in [0.05, 0.1) is 26.9 Å². The van der Waals surface area contributed by atoms with Crippen molar-refractivity contribution in [1.82, 2.24) is 10.2 Å². The minimum atomic E-state index is 0.0343. The number of halogens is 1. The maximum Gasteiger partial charge on any atom is 0.127 e. The van der Waals surface area contributed by atoms with E-state index in [0.717, 1.165) is 59.0 Å². The zero-order valence-electron chi connectivity index (χ0n) is 16.1. The standard InChI is InChI=1S/C21H27BrN2O3/c1-4-27-19-8-5-15(22)13-18(19)21(24-11-9-23-10-12-24)17-7-6-16(25-2)14-20(17)26-3/h5-8,13-14,21,23H,4,9-12H2,1-3H3. The molecule has 1 aliphatic heterocycles. The monoisotopic (exact) mass is 434 g/mol.